The normalized spacial score (nSPS) is 22.7. The van der Waals surface area contributed by atoms with Gasteiger partial charge in [-0.25, -0.2) is 0 Å². The molecule has 0 spiro atoms. The molecule has 2 heterocycles. The SMILES string of the molecule is OC[C@@H]1CCCCC[C@@H]1Nc1nnc(-c2ccccn2)s1. The number of nitrogens with one attached hydrogen (secondary N) is 1. The third-order valence-electron chi connectivity index (χ3n) is 4.01. The fourth-order valence-corrected chi connectivity index (χ4v) is 3.61. The number of rotatable bonds is 4. The Bertz CT molecular complexity index is 560. The van der Waals surface area contributed by atoms with Crippen LogP contribution in [0.25, 0.3) is 10.7 Å². The van der Waals surface area contributed by atoms with Gasteiger partial charge in [0.05, 0.1) is 0 Å². The zero-order chi connectivity index (χ0) is 14.5. The number of anilines is 1. The van der Waals surface area contributed by atoms with E-state index in [9.17, 15) is 5.11 Å². The number of aliphatic hydroxyl groups excluding tert-OH is 1. The molecule has 0 bridgehead atoms. The molecule has 2 atom stereocenters. The van der Waals surface area contributed by atoms with E-state index in [4.69, 9.17) is 0 Å². The molecular formula is C15H20N4OS. The molecule has 1 aliphatic rings. The van der Waals surface area contributed by atoms with Gasteiger partial charge < -0.3 is 10.4 Å². The molecule has 0 aromatic carbocycles. The smallest absolute Gasteiger partial charge is 0.206 e. The van der Waals surface area contributed by atoms with Crippen molar-refractivity contribution in [2.75, 3.05) is 11.9 Å². The zero-order valence-corrected chi connectivity index (χ0v) is 12.7. The van der Waals surface area contributed by atoms with Gasteiger partial charge in [-0.15, -0.1) is 10.2 Å². The Balaban J connectivity index is 1.71. The summed E-state index contributed by atoms with van der Waals surface area (Å²) in [5.41, 5.74) is 0.850. The van der Waals surface area contributed by atoms with E-state index < -0.39 is 0 Å². The van der Waals surface area contributed by atoms with Crippen LogP contribution in [0.2, 0.25) is 0 Å². The Kier molecular flexibility index (Phi) is 4.77. The van der Waals surface area contributed by atoms with E-state index in [-0.39, 0.29) is 6.61 Å². The average molecular weight is 304 g/mol. The van der Waals surface area contributed by atoms with Crippen molar-refractivity contribution in [3.8, 4) is 10.7 Å². The van der Waals surface area contributed by atoms with Crippen LogP contribution in [0.15, 0.2) is 24.4 Å². The van der Waals surface area contributed by atoms with Crippen molar-refractivity contribution in [1.82, 2.24) is 15.2 Å². The van der Waals surface area contributed by atoms with Crippen LogP contribution in [0.5, 0.6) is 0 Å². The molecular weight excluding hydrogens is 284 g/mol. The predicted molar refractivity (Wildman–Crippen MR) is 84.2 cm³/mol. The maximum absolute atomic E-state index is 9.57. The minimum Gasteiger partial charge on any atom is -0.396 e. The highest BCUT2D eigenvalue weighted by atomic mass is 32.1. The maximum Gasteiger partial charge on any atom is 0.206 e. The summed E-state index contributed by atoms with van der Waals surface area (Å²) in [6.45, 7) is 0.240. The van der Waals surface area contributed by atoms with Gasteiger partial charge in [0.15, 0.2) is 5.01 Å². The molecule has 1 saturated carbocycles. The van der Waals surface area contributed by atoms with Gasteiger partial charge in [-0.2, -0.15) is 0 Å². The highest BCUT2D eigenvalue weighted by Gasteiger charge is 2.24. The number of nitrogens with zero attached hydrogens (tertiary/aromatic N) is 3. The standard InChI is InChI=1S/C15H20N4OS/c20-10-11-6-2-1-3-7-12(11)17-15-19-18-14(21-15)13-8-4-5-9-16-13/h4-5,8-9,11-12,20H,1-3,6-7,10H2,(H,17,19)/t11-,12-/m0/s1. The van der Waals surface area contributed by atoms with Crippen LogP contribution in [0.4, 0.5) is 5.13 Å². The molecule has 0 unspecified atom stereocenters. The molecule has 0 saturated heterocycles. The first-order valence-electron chi connectivity index (χ1n) is 7.49. The van der Waals surface area contributed by atoms with Crippen molar-refractivity contribution in [2.45, 2.75) is 38.1 Å². The Morgan fingerprint density at radius 3 is 2.90 bits per heavy atom. The second-order valence-electron chi connectivity index (χ2n) is 5.46. The van der Waals surface area contributed by atoms with Crippen LogP contribution in [-0.4, -0.2) is 32.9 Å². The van der Waals surface area contributed by atoms with Gasteiger partial charge >= 0.3 is 0 Å². The fourth-order valence-electron chi connectivity index (χ4n) is 2.83. The summed E-state index contributed by atoms with van der Waals surface area (Å²) in [6.07, 6.45) is 7.60. The summed E-state index contributed by atoms with van der Waals surface area (Å²) in [5.74, 6) is 0.315. The van der Waals surface area contributed by atoms with Crippen molar-refractivity contribution in [3.63, 3.8) is 0 Å². The third-order valence-corrected chi connectivity index (χ3v) is 4.89. The number of hydrogen-bond donors (Lipinski definition) is 2. The van der Waals surface area contributed by atoms with Crippen LogP contribution in [0.1, 0.15) is 32.1 Å². The Hall–Kier alpha value is -1.53. The van der Waals surface area contributed by atoms with E-state index in [0.29, 0.717) is 12.0 Å². The third kappa shape index (κ3) is 3.57. The summed E-state index contributed by atoms with van der Waals surface area (Å²) in [7, 11) is 0. The molecule has 1 aliphatic carbocycles. The van der Waals surface area contributed by atoms with Gasteiger partial charge in [0.25, 0.3) is 0 Å². The van der Waals surface area contributed by atoms with Gasteiger partial charge in [-0.1, -0.05) is 36.7 Å². The van der Waals surface area contributed by atoms with Gasteiger partial charge in [0.1, 0.15) is 5.69 Å². The first kappa shape index (κ1) is 14.4. The Morgan fingerprint density at radius 1 is 1.19 bits per heavy atom. The van der Waals surface area contributed by atoms with E-state index in [1.165, 1.54) is 30.6 Å². The molecule has 2 aromatic heterocycles. The highest BCUT2D eigenvalue weighted by molar-refractivity contribution is 7.18. The molecule has 112 valence electrons. The van der Waals surface area contributed by atoms with Crippen LogP contribution in [0, 0.1) is 5.92 Å². The van der Waals surface area contributed by atoms with E-state index in [1.54, 1.807) is 6.20 Å². The topological polar surface area (TPSA) is 70.9 Å². The Morgan fingerprint density at radius 2 is 2.10 bits per heavy atom. The minimum atomic E-state index is 0.240. The monoisotopic (exact) mass is 304 g/mol. The van der Waals surface area contributed by atoms with Crippen LogP contribution in [-0.2, 0) is 0 Å². The lowest BCUT2D eigenvalue weighted by molar-refractivity contribution is 0.203. The van der Waals surface area contributed by atoms with E-state index in [1.807, 2.05) is 18.2 Å². The van der Waals surface area contributed by atoms with Crippen molar-refractivity contribution >= 4 is 16.5 Å². The van der Waals surface area contributed by atoms with Crippen LogP contribution in [0.3, 0.4) is 0 Å². The largest absolute Gasteiger partial charge is 0.396 e. The predicted octanol–water partition coefficient (Wildman–Crippen LogP) is 2.95. The highest BCUT2D eigenvalue weighted by Crippen LogP contribution is 2.29. The molecule has 1 fully saturated rings. The Labute approximate surface area is 128 Å². The summed E-state index contributed by atoms with van der Waals surface area (Å²) in [6, 6.07) is 6.07. The average Bonchev–Trinajstić information content (AvgIpc) is 2.88. The first-order valence-corrected chi connectivity index (χ1v) is 8.31. The molecule has 2 N–H and O–H groups in total. The number of aromatic nitrogens is 3. The van der Waals surface area contributed by atoms with E-state index >= 15 is 0 Å². The van der Waals surface area contributed by atoms with Gasteiger partial charge in [0.2, 0.25) is 5.13 Å². The maximum atomic E-state index is 9.57. The summed E-state index contributed by atoms with van der Waals surface area (Å²) in [4.78, 5) is 4.30. The van der Waals surface area contributed by atoms with Crippen molar-refractivity contribution < 1.29 is 5.11 Å². The molecule has 6 heteroatoms. The first-order chi connectivity index (χ1) is 10.4. The van der Waals surface area contributed by atoms with E-state index in [2.05, 4.69) is 20.5 Å². The molecule has 3 rings (SSSR count). The van der Waals surface area contributed by atoms with Crippen LogP contribution >= 0.6 is 11.3 Å². The quantitative estimate of drug-likeness (QED) is 0.850. The molecule has 5 nitrogen and oxygen atoms in total. The van der Waals surface area contributed by atoms with Crippen LogP contribution < -0.4 is 5.32 Å². The lowest BCUT2D eigenvalue weighted by atomic mass is 9.96. The van der Waals surface area contributed by atoms with E-state index in [0.717, 1.165) is 28.7 Å². The van der Waals surface area contributed by atoms with Gasteiger partial charge in [-0.05, 0) is 25.0 Å². The summed E-state index contributed by atoms with van der Waals surface area (Å²) < 4.78 is 0. The number of aliphatic hydroxyl groups is 1. The molecule has 21 heavy (non-hydrogen) atoms. The second kappa shape index (κ2) is 6.95. The molecule has 2 aromatic rings. The van der Waals surface area contributed by atoms with Crippen molar-refractivity contribution in [1.29, 1.82) is 0 Å². The summed E-state index contributed by atoms with van der Waals surface area (Å²) in [5, 5.41) is 23.1. The lowest BCUT2D eigenvalue weighted by Crippen LogP contribution is -2.30. The molecule has 0 radical (unpaired) electrons. The summed E-state index contributed by atoms with van der Waals surface area (Å²) >= 11 is 1.52. The molecule has 0 amide bonds. The molecule has 0 aliphatic heterocycles. The zero-order valence-electron chi connectivity index (χ0n) is 11.9. The number of pyridine rings is 1. The lowest BCUT2D eigenvalue weighted by Gasteiger charge is -2.23. The van der Waals surface area contributed by atoms with Crippen molar-refractivity contribution in [2.24, 2.45) is 5.92 Å². The van der Waals surface area contributed by atoms with Gasteiger partial charge in [-0.3, -0.25) is 4.98 Å². The fraction of sp³-hybridized carbons (Fsp3) is 0.533. The minimum absolute atomic E-state index is 0.240. The van der Waals surface area contributed by atoms with Gasteiger partial charge in [0, 0.05) is 24.8 Å². The second-order valence-corrected chi connectivity index (χ2v) is 6.44. The number of hydrogen-bond acceptors (Lipinski definition) is 6. The van der Waals surface area contributed by atoms with Crippen molar-refractivity contribution in [3.05, 3.63) is 24.4 Å².